The number of hydrogen-bond donors (Lipinski definition) is 2. The van der Waals surface area contributed by atoms with Crippen LogP contribution in [0.4, 0.5) is 5.13 Å². The molecule has 2 aliphatic rings. The van der Waals surface area contributed by atoms with Crippen LogP contribution in [0.2, 0.25) is 5.02 Å². The van der Waals surface area contributed by atoms with Gasteiger partial charge >= 0.3 is 0 Å². The van der Waals surface area contributed by atoms with E-state index in [0.29, 0.717) is 10.2 Å². The van der Waals surface area contributed by atoms with Crippen molar-refractivity contribution in [1.82, 2.24) is 10.3 Å². The van der Waals surface area contributed by atoms with Crippen molar-refractivity contribution in [3.8, 4) is 0 Å². The number of nitrogens with one attached hydrogen (secondary N) is 2. The van der Waals surface area contributed by atoms with Crippen molar-refractivity contribution in [2.75, 3.05) is 18.4 Å². The molecule has 1 aliphatic heterocycles. The highest BCUT2D eigenvalue weighted by Gasteiger charge is 2.57. The van der Waals surface area contributed by atoms with Gasteiger partial charge in [0.2, 0.25) is 5.91 Å². The maximum atomic E-state index is 12.4. The van der Waals surface area contributed by atoms with Gasteiger partial charge in [-0.2, -0.15) is 0 Å². The molecule has 21 heavy (non-hydrogen) atoms. The van der Waals surface area contributed by atoms with Gasteiger partial charge in [0.1, 0.15) is 0 Å². The second kappa shape index (κ2) is 4.93. The van der Waals surface area contributed by atoms with Crippen molar-refractivity contribution in [2.45, 2.75) is 19.3 Å². The molecule has 4 nitrogen and oxygen atoms in total. The SMILES string of the molecule is O=C(Nc1nc2ccc(Cl)cc2s1)C1CC12CCNCC2. The molecule has 2 fully saturated rings. The summed E-state index contributed by atoms with van der Waals surface area (Å²) in [6.45, 7) is 2.06. The molecule has 1 aromatic heterocycles. The number of halogens is 1. The molecule has 2 N–H and O–H groups in total. The highest BCUT2D eigenvalue weighted by molar-refractivity contribution is 7.22. The Morgan fingerprint density at radius 3 is 3.05 bits per heavy atom. The summed E-state index contributed by atoms with van der Waals surface area (Å²) >= 11 is 7.46. The van der Waals surface area contributed by atoms with Crippen molar-refractivity contribution in [3.05, 3.63) is 23.2 Å². The first kappa shape index (κ1) is 13.5. The van der Waals surface area contributed by atoms with Gasteiger partial charge in [-0.3, -0.25) is 4.79 Å². The van der Waals surface area contributed by atoms with Gasteiger partial charge in [0, 0.05) is 10.9 Å². The second-order valence-corrected chi connectivity index (χ2v) is 7.46. The van der Waals surface area contributed by atoms with Crippen molar-refractivity contribution in [3.63, 3.8) is 0 Å². The van der Waals surface area contributed by atoms with E-state index in [1.165, 1.54) is 11.3 Å². The first-order valence-corrected chi connectivity index (χ1v) is 8.43. The molecule has 4 rings (SSSR count). The van der Waals surface area contributed by atoms with Gasteiger partial charge in [-0.05, 0) is 56.0 Å². The second-order valence-electron chi connectivity index (χ2n) is 5.99. The van der Waals surface area contributed by atoms with E-state index in [2.05, 4.69) is 15.6 Å². The molecule has 1 saturated heterocycles. The number of hydrogen-bond acceptors (Lipinski definition) is 4. The lowest BCUT2D eigenvalue weighted by molar-refractivity contribution is -0.118. The van der Waals surface area contributed by atoms with Crippen molar-refractivity contribution in [2.24, 2.45) is 11.3 Å². The van der Waals surface area contributed by atoms with Gasteiger partial charge < -0.3 is 10.6 Å². The fourth-order valence-electron chi connectivity index (χ4n) is 3.34. The molecule has 1 spiro atoms. The normalized spacial score (nSPS) is 23.4. The number of thiazole rings is 1. The van der Waals surface area contributed by atoms with E-state index in [1.54, 1.807) is 0 Å². The summed E-state index contributed by atoms with van der Waals surface area (Å²) in [6, 6.07) is 5.59. The molecule has 1 aromatic carbocycles. The predicted octanol–water partition coefficient (Wildman–Crippen LogP) is 3.28. The Bertz CT molecular complexity index is 708. The Morgan fingerprint density at radius 2 is 2.24 bits per heavy atom. The summed E-state index contributed by atoms with van der Waals surface area (Å²) in [5.74, 6) is 0.289. The highest BCUT2D eigenvalue weighted by Crippen LogP contribution is 2.58. The summed E-state index contributed by atoms with van der Waals surface area (Å²) in [7, 11) is 0. The highest BCUT2D eigenvalue weighted by atomic mass is 35.5. The number of carbonyl (C=O) groups excluding carboxylic acids is 1. The summed E-state index contributed by atoms with van der Waals surface area (Å²) in [6.07, 6.45) is 3.25. The number of fused-ring (bicyclic) bond motifs is 1. The maximum absolute atomic E-state index is 12.4. The molecule has 1 unspecified atom stereocenters. The van der Waals surface area contributed by atoms with E-state index in [4.69, 9.17) is 11.6 Å². The molecular weight excluding hydrogens is 306 g/mol. The molecule has 2 aromatic rings. The largest absolute Gasteiger partial charge is 0.317 e. The average Bonchev–Trinajstić information content (AvgIpc) is 3.01. The van der Waals surface area contributed by atoms with Gasteiger partial charge in [0.15, 0.2) is 5.13 Å². The Kier molecular flexibility index (Phi) is 3.17. The monoisotopic (exact) mass is 321 g/mol. The number of nitrogens with zero attached hydrogens (tertiary/aromatic N) is 1. The molecular formula is C15H16ClN3OS. The van der Waals surface area contributed by atoms with Crippen molar-refractivity contribution < 1.29 is 4.79 Å². The first-order valence-electron chi connectivity index (χ1n) is 7.24. The summed E-state index contributed by atoms with van der Waals surface area (Å²) in [4.78, 5) is 16.9. The van der Waals surface area contributed by atoms with Crippen LogP contribution in [0.15, 0.2) is 18.2 Å². The third kappa shape index (κ3) is 2.43. The molecule has 1 aliphatic carbocycles. The smallest absolute Gasteiger partial charge is 0.229 e. The number of anilines is 1. The number of aromatic nitrogens is 1. The molecule has 6 heteroatoms. The number of amides is 1. The number of benzene rings is 1. The minimum atomic E-state index is 0.127. The van der Waals surface area contributed by atoms with E-state index in [9.17, 15) is 4.79 Å². The molecule has 110 valence electrons. The molecule has 1 atom stereocenters. The third-order valence-corrected chi connectivity index (χ3v) is 5.85. The van der Waals surface area contributed by atoms with Crippen LogP contribution in [0.5, 0.6) is 0 Å². The van der Waals surface area contributed by atoms with Crippen LogP contribution in [-0.4, -0.2) is 24.0 Å². The number of carbonyl (C=O) groups is 1. The van der Waals surface area contributed by atoms with Crippen molar-refractivity contribution >= 4 is 44.2 Å². The van der Waals surface area contributed by atoms with E-state index in [0.717, 1.165) is 42.6 Å². The Labute approximate surface area is 131 Å². The molecule has 1 saturated carbocycles. The van der Waals surface area contributed by atoms with E-state index in [-0.39, 0.29) is 17.2 Å². The minimum Gasteiger partial charge on any atom is -0.317 e. The van der Waals surface area contributed by atoms with Crippen LogP contribution in [0.3, 0.4) is 0 Å². The Morgan fingerprint density at radius 1 is 1.43 bits per heavy atom. The predicted molar refractivity (Wildman–Crippen MR) is 85.9 cm³/mol. The average molecular weight is 322 g/mol. The lowest BCUT2D eigenvalue weighted by atomic mass is 9.92. The topological polar surface area (TPSA) is 54.0 Å². The Balaban J connectivity index is 1.49. The third-order valence-electron chi connectivity index (χ3n) is 4.69. The lowest BCUT2D eigenvalue weighted by Gasteiger charge is -2.22. The fraction of sp³-hybridized carbons (Fsp3) is 0.467. The zero-order valence-corrected chi connectivity index (χ0v) is 13.1. The van der Waals surface area contributed by atoms with Crippen LogP contribution in [0.1, 0.15) is 19.3 Å². The van der Waals surface area contributed by atoms with E-state index >= 15 is 0 Å². The van der Waals surface area contributed by atoms with Crippen LogP contribution >= 0.6 is 22.9 Å². The van der Waals surface area contributed by atoms with E-state index in [1.807, 2.05) is 18.2 Å². The van der Waals surface area contributed by atoms with Crippen molar-refractivity contribution in [1.29, 1.82) is 0 Å². The van der Waals surface area contributed by atoms with Gasteiger partial charge in [-0.1, -0.05) is 22.9 Å². The summed E-state index contributed by atoms with van der Waals surface area (Å²) in [5, 5.41) is 7.72. The van der Waals surface area contributed by atoms with Crippen LogP contribution in [0.25, 0.3) is 10.2 Å². The molecule has 1 amide bonds. The van der Waals surface area contributed by atoms with Crippen LogP contribution in [-0.2, 0) is 4.79 Å². The number of rotatable bonds is 2. The maximum Gasteiger partial charge on any atom is 0.229 e. The van der Waals surface area contributed by atoms with E-state index < -0.39 is 0 Å². The van der Waals surface area contributed by atoms with Crippen LogP contribution < -0.4 is 10.6 Å². The quantitative estimate of drug-likeness (QED) is 0.892. The molecule has 0 bridgehead atoms. The van der Waals surface area contributed by atoms with Gasteiger partial charge in [0.25, 0.3) is 0 Å². The zero-order chi connectivity index (χ0) is 14.4. The lowest BCUT2D eigenvalue weighted by Crippen LogP contribution is -2.31. The summed E-state index contributed by atoms with van der Waals surface area (Å²) in [5.41, 5.74) is 1.14. The van der Waals surface area contributed by atoms with Crippen LogP contribution in [0, 0.1) is 11.3 Å². The number of piperidine rings is 1. The summed E-state index contributed by atoms with van der Waals surface area (Å²) < 4.78 is 1.00. The molecule has 0 radical (unpaired) electrons. The van der Waals surface area contributed by atoms with Gasteiger partial charge in [0.05, 0.1) is 10.2 Å². The Hall–Kier alpha value is -1.17. The van der Waals surface area contributed by atoms with Gasteiger partial charge in [-0.25, -0.2) is 4.98 Å². The first-order chi connectivity index (χ1) is 10.2. The molecule has 2 heterocycles. The fourth-order valence-corrected chi connectivity index (χ4v) is 4.48. The minimum absolute atomic E-state index is 0.127. The zero-order valence-electron chi connectivity index (χ0n) is 11.5. The standard InChI is InChI=1S/C15H16ClN3OS/c16-9-1-2-11-12(7-9)21-14(18-11)19-13(20)10-8-15(10)3-5-17-6-4-15/h1-2,7,10,17H,3-6,8H2,(H,18,19,20). The van der Waals surface area contributed by atoms with Gasteiger partial charge in [-0.15, -0.1) is 0 Å².